The smallest absolute Gasteiger partial charge is 0.135 e. The first-order chi connectivity index (χ1) is 18.0. The summed E-state index contributed by atoms with van der Waals surface area (Å²) >= 11 is 0. The lowest BCUT2D eigenvalue weighted by atomic mass is 9.54. The quantitative estimate of drug-likeness (QED) is 0.377. The van der Waals surface area contributed by atoms with Gasteiger partial charge in [-0.05, 0) is 60.6 Å². The van der Waals surface area contributed by atoms with Gasteiger partial charge < -0.3 is 14.8 Å². The van der Waals surface area contributed by atoms with Gasteiger partial charge in [-0.15, -0.1) is 5.10 Å². The van der Waals surface area contributed by atoms with Gasteiger partial charge in [0.1, 0.15) is 17.3 Å². The summed E-state index contributed by atoms with van der Waals surface area (Å²) in [7, 11) is 0. The fraction of sp³-hybridized carbons (Fsp3) is 0.379. The van der Waals surface area contributed by atoms with Crippen LogP contribution in [-0.2, 0) is 12.0 Å². The molecule has 0 radical (unpaired) electrons. The van der Waals surface area contributed by atoms with Gasteiger partial charge in [0.25, 0.3) is 0 Å². The molecule has 1 aliphatic carbocycles. The number of rotatable bonds is 6. The summed E-state index contributed by atoms with van der Waals surface area (Å²) in [6.07, 6.45) is 3.31. The van der Waals surface area contributed by atoms with Crippen LogP contribution in [0.15, 0.2) is 55.0 Å². The van der Waals surface area contributed by atoms with Crippen molar-refractivity contribution >= 4 is 0 Å². The molecule has 0 amide bonds. The highest BCUT2D eigenvalue weighted by Gasteiger charge is 2.52. The van der Waals surface area contributed by atoms with Gasteiger partial charge >= 0.3 is 0 Å². The number of aromatic nitrogens is 5. The highest BCUT2D eigenvalue weighted by atomic mass is 19.1. The average molecular weight is 520 g/mol. The number of benzene rings is 1. The van der Waals surface area contributed by atoms with Gasteiger partial charge in [0, 0.05) is 6.20 Å². The van der Waals surface area contributed by atoms with Crippen LogP contribution >= 0.6 is 0 Å². The maximum absolute atomic E-state index is 14.6. The first-order valence-electron chi connectivity index (χ1n) is 12.7. The van der Waals surface area contributed by atoms with Crippen LogP contribution in [-0.4, -0.2) is 47.7 Å². The molecule has 1 aliphatic rings. The molecule has 0 spiro atoms. The van der Waals surface area contributed by atoms with Crippen molar-refractivity contribution in [2.75, 3.05) is 6.61 Å². The summed E-state index contributed by atoms with van der Waals surface area (Å²) in [6.45, 7) is 8.44. The lowest BCUT2D eigenvalue weighted by Gasteiger charge is -2.49. The van der Waals surface area contributed by atoms with Crippen molar-refractivity contribution in [1.29, 1.82) is 0 Å². The van der Waals surface area contributed by atoms with Crippen LogP contribution in [0.4, 0.5) is 8.78 Å². The Morgan fingerprint density at radius 2 is 1.74 bits per heavy atom. The molecule has 5 rings (SSSR count). The fourth-order valence-electron chi connectivity index (χ4n) is 5.65. The Hall–Kier alpha value is -3.56. The maximum atomic E-state index is 14.6. The Morgan fingerprint density at radius 3 is 2.45 bits per heavy atom. The van der Waals surface area contributed by atoms with Crippen molar-refractivity contribution in [2.45, 2.75) is 58.1 Å². The maximum Gasteiger partial charge on any atom is 0.135 e. The molecule has 198 valence electrons. The molecule has 0 unspecified atom stereocenters. The molecule has 0 saturated carbocycles. The Balaban J connectivity index is 1.60. The molecule has 3 heterocycles. The van der Waals surface area contributed by atoms with E-state index in [0.717, 1.165) is 23.4 Å². The first-order valence-corrected chi connectivity index (χ1v) is 12.7. The number of nitrogens with zero attached hydrogens (tertiary/aromatic N) is 5. The van der Waals surface area contributed by atoms with E-state index in [1.807, 2.05) is 18.2 Å². The van der Waals surface area contributed by atoms with E-state index in [9.17, 15) is 13.9 Å². The molecule has 9 heteroatoms. The zero-order valence-corrected chi connectivity index (χ0v) is 21.9. The van der Waals surface area contributed by atoms with Crippen molar-refractivity contribution in [3.63, 3.8) is 0 Å². The monoisotopic (exact) mass is 519 g/mol. The number of halogens is 2. The van der Waals surface area contributed by atoms with Gasteiger partial charge in [0.15, 0.2) is 0 Å². The largest absolute Gasteiger partial charge is 0.394 e. The molecule has 0 bridgehead atoms. The summed E-state index contributed by atoms with van der Waals surface area (Å²) < 4.78 is 30.8. The molecule has 7 nitrogen and oxygen atoms in total. The molecule has 38 heavy (non-hydrogen) atoms. The molecule has 4 aromatic rings. The zero-order chi connectivity index (χ0) is 27.2. The van der Waals surface area contributed by atoms with E-state index in [0.29, 0.717) is 11.4 Å². The van der Waals surface area contributed by atoms with Crippen molar-refractivity contribution < 1.29 is 19.0 Å². The predicted octanol–water partition coefficient (Wildman–Crippen LogP) is 4.87. The van der Waals surface area contributed by atoms with Gasteiger partial charge in [-0.3, -0.25) is 4.98 Å². The second-order valence-electron chi connectivity index (χ2n) is 10.9. The van der Waals surface area contributed by atoms with Crippen LogP contribution in [0, 0.1) is 17.0 Å². The van der Waals surface area contributed by atoms with Crippen molar-refractivity contribution in [2.24, 2.45) is 5.41 Å². The topological polar surface area (TPSA) is 97.0 Å². The third-order valence-corrected chi connectivity index (χ3v) is 8.01. The van der Waals surface area contributed by atoms with Crippen LogP contribution in [0.25, 0.3) is 22.6 Å². The number of hydrogen-bond acceptors (Lipinski definition) is 6. The Bertz CT molecular complexity index is 1470. The van der Waals surface area contributed by atoms with Gasteiger partial charge in [0.2, 0.25) is 0 Å². The summed E-state index contributed by atoms with van der Waals surface area (Å²) in [5, 5.41) is 27.8. The highest BCUT2D eigenvalue weighted by Crippen LogP contribution is 2.56. The molecule has 0 aliphatic heterocycles. The highest BCUT2D eigenvalue weighted by molar-refractivity contribution is 5.62. The number of aliphatic hydroxyl groups is 2. The molecule has 0 saturated heterocycles. The molecular weight excluding hydrogens is 488 g/mol. The summed E-state index contributed by atoms with van der Waals surface area (Å²) in [4.78, 5) is 9.45. The minimum absolute atomic E-state index is 0.0917. The minimum Gasteiger partial charge on any atom is -0.394 e. The number of imidazole rings is 1. The number of fused-ring (bicyclic) bond motifs is 1. The second kappa shape index (κ2) is 9.63. The third kappa shape index (κ3) is 4.29. The normalized spacial score (nSPS) is 21.2. The summed E-state index contributed by atoms with van der Waals surface area (Å²) in [5.74, 6) is -1.26. The molecular formula is C29H31F2N5O2. The summed E-state index contributed by atoms with van der Waals surface area (Å²) in [6, 6.07) is 11.3. The van der Waals surface area contributed by atoms with Crippen LogP contribution in [0.2, 0.25) is 0 Å². The van der Waals surface area contributed by atoms with Gasteiger partial charge in [-0.25, -0.2) is 13.8 Å². The van der Waals surface area contributed by atoms with Crippen LogP contribution < -0.4 is 0 Å². The van der Waals surface area contributed by atoms with E-state index in [1.54, 1.807) is 23.2 Å². The fourth-order valence-corrected chi connectivity index (χ4v) is 5.65. The summed E-state index contributed by atoms with van der Waals surface area (Å²) in [5.41, 5.74) is 2.80. The number of aliphatic hydroxyl groups excluding tert-OH is 2. The van der Waals surface area contributed by atoms with E-state index < -0.39 is 23.2 Å². The van der Waals surface area contributed by atoms with E-state index >= 15 is 0 Å². The number of hydrogen-bond donors (Lipinski definition) is 2. The molecule has 0 fully saturated rings. The first kappa shape index (κ1) is 26.1. The second-order valence-corrected chi connectivity index (χ2v) is 10.9. The van der Waals surface area contributed by atoms with E-state index in [2.05, 4.69) is 42.9 Å². The predicted molar refractivity (Wildman–Crippen MR) is 139 cm³/mol. The van der Waals surface area contributed by atoms with Gasteiger partial charge in [0.05, 0.1) is 59.3 Å². The lowest BCUT2D eigenvalue weighted by molar-refractivity contribution is 0.0812. The molecule has 1 aromatic carbocycles. The van der Waals surface area contributed by atoms with Gasteiger partial charge in [-0.2, -0.15) is 5.10 Å². The Morgan fingerprint density at radius 1 is 1.03 bits per heavy atom. The zero-order valence-electron chi connectivity index (χ0n) is 21.9. The van der Waals surface area contributed by atoms with Gasteiger partial charge in [-0.1, -0.05) is 32.9 Å². The van der Waals surface area contributed by atoms with E-state index in [4.69, 9.17) is 10.1 Å². The molecule has 3 atom stereocenters. The Kier molecular flexibility index (Phi) is 6.61. The lowest BCUT2D eigenvalue weighted by Crippen LogP contribution is -2.46. The third-order valence-electron chi connectivity index (χ3n) is 8.01. The van der Waals surface area contributed by atoms with Crippen molar-refractivity contribution in [3.05, 3.63) is 83.6 Å². The SMILES string of the molecule is C[C@@H]1CC(C)(C)[C@@](C)(c2cccc(-c3cn(C[C@H](O)CO)cn3)n2)c2nnc(-c3c(F)cccc3F)cc21. The van der Waals surface area contributed by atoms with Crippen LogP contribution in [0.3, 0.4) is 0 Å². The Labute approximate surface area is 220 Å². The average Bonchev–Trinajstić information content (AvgIpc) is 3.35. The van der Waals surface area contributed by atoms with Crippen molar-refractivity contribution in [1.82, 2.24) is 24.7 Å². The molecule has 3 aromatic heterocycles. The number of pyridine rings is 1. The van der Waals surface area contributed by atoms with Crippen LogP contribution in [0.1, 0.15) is 57.0 Å². The van der Waals surface area contributed by atoms with Crippen molar-refractivity contribution in [3.8, 4) is 22.6 Å². The minimum atomic E-state index is -0.877. The van der Waals surface area contributed by atoms with E-state index in [1.165, 1.54) is 18.2 Å². The molecule has 2 N–H and O–H groups in total. The van der Waals surface area contributed by atoms with Crippen LogP contribution in [0.5, 0.6) is 0 Å². The van der Waals surface area contributed by atoms with E-state index in [-0.39, 0.29) is 35.7 Å². The standard InChI is InChI=1S/C29H31F2N5O2/c1-17-12-28(2,3)29(4,27-19(17)11-23(34-35-27)26-20(30)7-5-8-21(26)31)25-10-6-9-22(33-25)24-14-36(16-32-24)13-18(38)15-37/h5-11,14,16-18,37-38H,12-13,15H2,1-4H3/t17-,18+,29+/m1/s1.